The maximum Gasteiger partial charge on any atom is 0.306 e. The van der Waals surface area contributed by atoms with Gasteiger partial charge in [0.25, 0.3) is 11.6 Å². The molecule has 4 aliphatic rings. The van der Waals surface area contributed by atoms with Gasteiger partial charge in [0.2, 0.25) is 5.89 Å². The molecule has 0 spiro atoms. The Hall–Kier alpha value is -2.77. The van der Waals surface area contributed by atoms with Crippen molar-refractivity contribution in [3.05, 3.63) is 40.3 Å². The molecule has 4 saturated carbocycles. The molecule has 0 amide bonds. The summed E-state index contributed by atoms with van der Waals surface area (Å²) in [5, 5.41) is 18.6. The van der Waals surface area contributed by atoms with E-state index in [0.29, 0.717) is 12.0 Å². The van der Waals surface area contributed by atoms with E-state index in [1.807, 2.05) is 0 Å². The van der Waals surface area contributed by atoms with Crippen LogP contribution in [-0.4, -0.2) is 21.1 Å². The smallest absolute Gasteiger partial charge is 0.306 e. The van der Waals surface area contributed by atoms with E-state index in [2.05, 4.69) is 10.2 Å². The maximum absolute atomic E-state index is 12.5. The molecule has 4 bridgehead atoms. The van der Waals surface area contributed by atoms with E-state index >= 15 is 0 Å². The number of carbonyl (C=O) groups is 1. The van der Waals surface area contributed by atoms with Crippen LogP contribution >= 0.6 is 0 Å². The normalized spacial score (nSPS) is 29.7. The first-order valence-electron chi connectivity index (χ1n) is 10.2. The number of carbonyl (C=O) groups excluding carboxylic acids is 1. The molecule has 0 N–H and O–H groups in total. The number of nitrogens with zero attached hydrogens (tertiary/aromatic N) is 3. The molecule has 4 fully saturated rings. The second-order valence-electron chi connectivity index (χ2n) is 9.06. The van der Waals surface area contributed by atoms with Gasteiger partial charge in [-0.2, -0.15) is 0 Å². The molecular formula is C21H23N3O5. The topological polar surface area (TPSA) is 108 Å². The molecule has 0 atom stereocenters. The zero-order valence-corrected chi connectivity index (χ0v) is 16.1. The molecule has 0 aliphatic heterocycles. The molecular weight excluding hydrogens is 374 g/mol. The molecule has 4 aliphatic carbocycles. The summed E-state index contributed by atoms with van der Waals surface area (Å²) in [5.41, 5.74) is 0.714. The summed E-state index contributed by atoms with van der Waals surface area (Å²) in [6, 6.07) is 5.86. The number of nitro groups is 1. The van der Waals surface area contributed by atoms with Crippen LogP contribution in [0.3, 0.4) is 0 Å². The van der Waals surface area contributed by atoms with Crippen molar-refractivity contribution in [3.63, 3.8) is 0 Å². The number of benzene rings is 1. The van der Waals surface area contributed by atoms with Crippen molar-refractivity contribution in [1.82, 2.24) is 10.2 Å². The highest BCUT2D eigenvalue weighted by molar-refractivity contribution is 5.70. The molecule has 1 aromatic carbocycles. The first-order chi connectivity index (χ1) is 14.0. The molecule has 0 radical (unpaired) electrons. The molecule has 6 rings (SSSR count). The number of rotatable bonds is 6. The van der Waals surface area contributed by atoms with Gasteiger partial charge in [0.05, 0.1) is 11.3 Å². The van der Waals surface area contributed by atoms with Gasteiger partial charge in [-0.3, -0.25) is 14.9 Å². The zero-order chi connectivity index (χ0) is 20.0. The van der Waals surface area contributed by atoms with Crippen LogP contribution in [0.4, 0.5) is 5.69 Å². The zero-order valence-electron chi connectivity index (χ0n) is 16.1. The first-order valence-corrected chi connectivity index (χ1v) is 10.2. The first kappa shape index (κ1) is 18.3. The van der Waals surface area contributed by atoms with Gasteiger partial charge in [-0.25, -0.2) is 0 Å². The number of hydrogen-bond donors (Lipinski definition) is 0. The van der Waals surface area contributed by atoms with Crippen LogP contribution in [0.1, 0.15) is 50.8 Å². The van der Waals surface area contributed by atoms with Crippen LogP contribution in [0.2, 0.25) is 0 Å². The number of non-ortho nitro benzene ring substituents is 1. The van der Waals surface area contributed by atoms with Gasteiger partial charge in [-0.1, -0.05) is 0 Å². The second kappa shape index (κ2) is 6.93. The minimum absolute atomic E-state index is 0.00732. The predicted octanol–water partition coefficient (Wildman–Crippen LogP) is 4.29. The monoisotopic (exact) mass is 397 g/mol. The fraction of sp³-hybridized carbons (Fsp3) is 0.571. The Morgan fingerprint density at radius 2 is 1.72 bits per heavy atom. The summed E-state index contributed by atoms with van der Waals surface area (Å²) in [4.78, 5) is 22.8. The molecule has 152 valence electrons. The molecule has 0 saturated heterocycles. The van der Waals surface area contributed by atoms with Crippen molar-refractivity contribution >= 4 is 11.7 Å². The van der Waals surface area contributed by atoms with E-state index in [0.717, 1.165) is 17.8 Å². The fourth-order valence-corrected chi connectivity index (χ4v) is 6.16. The van der Waals surface area contributed by atoms with Crippen molar-refractivity contribution < 1.29 is 18.9 Å². The lowest BCUT2D eigenvalue weighted by molar-refractivity contribution is -0.384. The summed E-state index contributed by atoms with van der Waals surface area (Å²) in [5.74, 6) is 2.67. The lowest BCUT2D eigenvalue weighted by Gasteiger charge is -2.56. The third-order valence-electron chi connectivity index (χ3n) is 6.83. The van der Waals surface area contributed by atoms with Gasteiger partial charge in [0, 0.05) is 17.7 Å². The van der Waals surface area contributed by atoms with Crippen molar-refractivity contribution in [2.24, 2.45) is 23.2 Å². The number of nitro benzene ring substituents is 1. The van der Waals surface area contributed by atoms with Gasteiger partial charge < -0.3 is 9.15 Å². The Labute approximate surface area is 167 Å². The van der Waals surface area contributed by atoms with Crippen LogP contribution in [0, 0.1) is 33.3 Å². The van der Waals surface area contributed by atoms with E-state index in [9.17, 15) is 14.9 Å². The minimum Gasteiger partial charge on any atom is -0.456 e. The second-order valence-corrected chi connectivity index (χ2v) is 9.06. The molecule has 8 heteroatoms. The van der Waals surface area contributed by atoms with Gasteiger partial charge in [-0.15, -0.1) is 10.2 Å². The van der Waals surface area contributed by atoms with Crippen LogP contribution in [0.5, 0.6) is 0 Å². The molecule has 8 nitrogen and oxygen atoms in total. The average molecular weight is 397 g/mol. The van der Waals surface area contributed by atoms with Crippen LogP contribution in [0.15, 0.2) is 28.7 Å². The van der Waals surface area contributed by atoms with Crippen LogP contribution in [0.25, 0.3) is 11.5 Å². The number of hydrogen-bond acceptors (Lipinski definition) is 7. The Morgan fingerprint density at radius 1 is 1.10 bits per heavy atom. The van der Waals surface area contributed by atoms with E-state index < -0.39 is 4.92 Å². The summed E-state index contributed by atoms with van der Waals surface area (Å²) in [7, 11) is 0. The number of esters is 1. The highest BCUT2D eigenvalue weighted by Crippen LogP contribution is 2.61. The lowest BCUT2D eigenvalue weighted by Crippen LogP contribution is -2.47. The largest absolute Gasteiger partial charge is 0.456 e. The minimum atomic E-state index is -0.466. The Kier molecular flexibility index (Phi) is 4.37. The Bertz CT molecular complexity index is 901. The molecule has 0 unspecified atom stereocenters. The molecule has 29 heavy (non-hydrogen) atoms. The molecule has 1 aromatic heterocycles. The molecule has 1 heterocycles. The third kappa shape index (κ3) is 3.63. The summed E-state index contributed by atoms with van der Waals surface area (Å²) < 4.78 is 11.0. The number of aromatic nitrogens is 2. The highest BCUT2D eigenvalue weighted by Gasteiger charge is 2.51. The van der Waals surface area contributed by atoms with Crippen molar-refractivity contribution in [2.75, 3.05) is 0 Å². The SMILES string of the molecule is O=C(CC12CC3CC(CC(C3)C1)C2)OCc1nnc(-c2ccc([N+](=O)[O-])cc2)o1. The average Bonchev–Trinajstić information content (AvgIpc) is 3.14. The van der Waals surface area contributed by atoms with Crippen molar-refractivity contribution in [1.29, 1.82) is 0 Å². The van der Waals surface area contributed by atoms with E-state index in [1.165, 1.54) is 50.7 Å². The maximum atomic E-state index is 12.5. The number of ether oxygens (including phenoxy) is 1. The van der Waals surface area contributed by atoms with Gasteiger partial charge >= 0.3 is 5.97 Å². The van der Waals surface area contributed by atoms with E-state index in [1.54, 1.807) is 12.1 Å². The summed E-state index contributed by atoms with van der Waals surface area (Å²) in [6.45, 7) is -0.0504. The van der Waals surface area contributed by atoms with Crippen LogP contribution in [-0.2, 0) is 16.1 Å². The molecule has 2 aromatic rings. The van der Waals surface area contributed by atoms with Crippen molar-refractivity contribution in [3.8, 4) is 11.5 Å². The van der Waals surface area contributed by atoms with Gasteiger partial charge in [0.15, 0.2) is 6.61 Å². The fourth-order valence-electron chi connectivity index (χ4n) is 6.16. The lowest BCUT2D eigenvalue weighted by atomic mass is 9.49. The summed E-state index contributed by atoms with van der Waals surface area (Å²) in [6.07, 6.45) is 8.03. The predicted molar refractivity (Wildman–Crippen MR) is 101 cm³/mol. The highest BCUT2D eigenvalue weighted by atomic mass is 16.6. The van der Waals surface area contributed by atoms with Crippen LogP contribution < -0.4 is 0 Å². The van der Waals surface area contributed by atoms with E-state index in [-0.39, 0.29) is 35.5 Å². The quantitative estimate of drug-likeness (QED) is 0.406. The standard InChI is InChI=1S/C21H23N3O5/c25-19(11-21-8-13-5-14(9-21)7-15(6-13)10-21)28-12-18-22-23-20(29-18)16-1-3-17(4-2-16)24(26)27/h1-4,13-15H,5-12H2. The van der Waals surface area contributed by atoms with Gasteiger partial charge in [-0.05, 0) is 73.8 Å². The Morgan fingerprint density at radius 3 is 2.31 bits per heavy atom. The van der Waals surface area contributed by atoms with Gasteiger partial charge in [0.1, 0.15) is 0 Å². The summed E-state index contributed by atoms with van der Waals surface area (Å²) >= 11 is 0. The van der Waals surface area contributed by atoms with E-state index in [4.69, 9.17) is 9.15 Å². The Balaban J connectivity index is 1.18. The third-order valence-corrected chi connectivity index (χ3v) is 6.83. The van der Waals surface area contributed by atoms with Crippen molar-refractivity contribution in [2.45, 2.75) is 51.6 Å².